The fourth-order valence-electron chi connectivity index (χ4n) is 4.48. The molecule has 1 amide bonds. The Morgan fingerprint density at radius 1 is 0.848 bits per heavy atom. The Morgan fingerprint density at radius 2 is 1.55 bits per heavy atom. The van der Waals surface area contributed by atoms with Gasteiger partial charge in [0.05, 0.1) is 26.3 Å². The largest absolute Gasteiger partial charge is 0.371 e. The lowest BCUT2D eigenvalue weighted by Gasteiger charge is -2.37. The topological polar surface area (TPSA) is 60.9 Å². The molecule has 0 unspecified atom stereocenters. The van der Waals surface area contributed by atoms with Crippen LogP contribution in [0.4, 0.5) is 11.4 Å². The van der Waals surface area contributed by atoms with Crippen LogP contribution in [0, 0.1) is 0 Å². The molecule has 2 saturated heterocycles. The summed E-state index contributed by atoms with van der Waals surface area (Å²) in [6.45, 7) is 5.80. The Hall–Kier alpha value is -1.96. The van der Waals surface area contributed by atoms with E-state index in [2.05, 4.69) is 9.80 Å². The van der Waals surface area contributed by atoms with Gasteiger partial charge >= 0.3 is 0 Å². The van der Waals surface area contributed by atoms with Crippen LogP contribution in [-0.2, 0) is 9.84 Å². The van der Waals surface area contributed by atoms with Gasteiger partial charge in [0.15, 0.2) is 9.84 Å². The smallest absolute Gasteiger partial charge is 0.256 e. The third kappa shape index (κ3) is 5.26. The van der Waals surface area contributed by atoms with E-state index >= 15 is 0 Å². The van der Waals surface area contributed by atoms with Crippen molar-refractivity contribution in [1.29, 1.82) is 0 Å². The molecule has 0 aromatic heterocycles. The van der Waals surface area contributed by atoms with Crippen molar-refractivity contribution in [3.8, 4) is 0 Å². The maximum atomic E-state index is 13.6. The summed E-state index contributed by atoms with van der Waals surface area (Å²) in [6.07, 6.45) is 3.33. The van der Waals surface area contributed by atoms with E-state index in [1.165, 1.54) is 6.42 Å². The molecule has 0 N–H and O–H groups in total. The van der Waals surface area contributed by atoms with E-state index < -0.39 is 9.84 Å². The highest BCUT2D eigenvalue weighted by atomic mass is 35.5. The number of hydrogen-bond donors (Lipinski definition) is 0. The molecular weight excluding hydrogens is 481 g/mol. The monoisotopic (exact) mass is 509 g/mol. The number of amides is 1. The lowest BCUT2D eigenvalue weighted by Crippen LogP contribution is -2.49. The van der Waals surface area contributed by atoms with Crippen molar-refractivity contribution in [2.45, 2.75) is 31.1 Å². The summed E-state index contributed by atoms with van der Waals surface area (Å²) in [6, 6.07) is 10.6. The minimum Gasteiger partial charge on any atom is -0.371 e. The van der Waals surface area contributed by atoms with Crippen LogP contribution in [0.15, 0.2) is 41.3 Å². The number of carbonyl (C=O) groups excluding carboxylic acids is 1. The fraction of sp³-hybridized carbons (Fsp3) is 0.458. The van der Waals surface area contributed by atoms with Gasteiger partial charge in [-0.3, -0.25) is 4.79 Å². The molecule has 4 rings (SSSR count). The molecule has 6 nitrogen and oxygen atoms in total. The van der Waals surface area contributed by atoms with Gasteiger partial charge in [-0.15, -0.1) is 0 Å². The highest BCUT2D eigenvalue weighted by Crippen LogP contribution is 2.30. The van der Waals surface area contributed by atoms with Crippen molar-refractivity contribution >= 4 is 50.3 Å². The van der Waals surface area contributed by atoms with Crippen molar-refractivity contribution < 1.29 is 13.2 Å². The zero-order valence-electron chi connectivity index (χ0n) is 18.8. The number of benzene rings is 2. The summed E-state index contributed by atoms with van der Waals surface area (Å²) in [4.78, 5) is 20.0. The summed E-state index contributed by atoms with van der Waals surface area (Å²) in [5.74, 6) is -0.107. The minimum atomic E-state index is -3.41. The standard InChI is InChI=1S/C24H29Cl2N3O3S/c1-2-33(31,32)19-7-9-23(28-10-4-3-5-11-28)20(17-19)24(30)29-14-12-27(13-15-29)18-6-8-21(25)22(26)16-18/h6-9,16-17H,2-5,10-15H2,1H3. The number of sulfone groups is 1. The lowest BCUT2D eigenvalue weighted by atomic mass is 10.1. The second-order valence-corrected chi connectivity index (χ2v) is 11.6. The molecule has 2 aromatic rings. The summed E-state index contributed by atoms with van der Waals surface area (Å²) in [7, 11) is -3.41. The van der Waals surface area contributed by atoms with E-state index in [0.29, 0.717) is 41.8 Å². The third-order valence-electron chi connectivity index (χ3n) is 6.47. The van der Waals surface area contributed by atoms with E-state index in [-0.39, 0.29) is 16.6 Å². The Balaban J connectivity index is 1.57. The van der Waals surface area contributed by atoms with E-state index in [9.17, 15) is 13.2 Å². The number of piperazine rings is 1. The molecule has 2 aliphatic heterocycles. The molecule has 0 bridgehead atoms. The van der Waals surface area contributed by atoms with E-state index in [0.717, 1.165) is 37.3 Å². The van der Waals surface area contributed by atoms with Crippen LogP contribution < -0.4 is 9.80 Å². The second kappa shape index (κ2) is 10.1. The number of nitrogens with zero attached hydrogens (tertiary/aromatic N) is 3. The van der Waals surface area contributed by atoms with E-state index in [4.69, 9.17) is 23.2 Å². The maximum absolute atomic E-state index is 13.6. The van der Waals surface area contributed by atoms with Crippen molar-refractivity contribution in [2.24, 2.45) is 0 Å². The number of carbonyl (C=O) groups is 1. The summed E-state index contributed by atoms with van der Waals surface area (Å²) in [5, 5.41) is 1.02. The number of piperidine rings is 1. The van der Waals surface area contributed by atoms with Crippen molar-refractivity contribution in [3.63, 3.8) is 0 Å². The summed E-state index contributed by atoms with van der Waals surface area (Å²) in [5.41, 5.74) is 2.29. The molecule has 9 heteroatoms. The normalized spacial score (nSPS) is 17.4. The molecule has 2 aliphatic rings. The van der Waals surface area contributed by atoms with Crippen molar-refractivity contribution in [3.05, 3.63) is 52.0 Å². The first kappa shape index (κ1) is 24.2. The van der Waals surface area contributed by atoms with Crippen LogP contribution in [0.1, 0.15) is 36.5 Å². The summed E-state index contributed by atoms with van der Waals surface area (Å²) < 4.78 is 25.1. The molecule has 0 radical (unpaired) electrons. The van der Waals surface area contributed by atoms with Crippen molar-refractivity contribution in [2.75, 3.05) is 54.8 Å². The average molecular weight is 510 g/mol. The molecule has 178 valence electrons. The Kier molecular flexibility index (Phi) is 7.41. The minimum absolute atomic E-state index is 0.00597. The highest BCUT2D eigenvalue weighted by Gasteiger charge is 2.28. The van der Waals surface area contributed by atoms with Crippen LogP contribution >= 0.6 is 23.2 Å². The Bertz CT molecular complexity index is 1130. The predicted molar refractivity (Wildman–Crippen MR) is 135 cm³/mol. The average Bonchev–Trinajstić information content (AvgIpc) is 2.85. The molecule has 2 heterocycles. The van der Waals surface area contributed by atoms with Gasteiger partial charge < -0.3 is 14.7 Å². The first-order valence-corrected chi connectivity index (χ1v) is 13.8. The molecule has 0 spiro atoms. The Labute approximate surface area is 206 Å². The van der Waals surface area contributed by atoms with Crippen LogP contribution in [0.25, 0.3) is 0 Å². The van der Waals surface area contributed by atoms with E-state index in [1.807, 2.05) is 23.1 Å². The Morgan fingerprint density at radius 3 is 2.18 bits per heavy atom. The number of anilines is 2. The van der Waals surface area contributed by atoms with Crippen LogP contribution in [0.2, 0.25) is 10.0 Å². The van der Waals surface area contributed by atoms with Crippen molar-refractivity contribution in [1.82, 2.24) is 4.90 Å². The number of halogens is 2. The maximum Gasteiger partial charge on any atom is 0.256 e. The zero-order chi connectivity index (χ0) is 23.6. The third-order valence-corrected chi connectivity index (χ3v) is 8.94. The first-order chi connectivity index (χ1) is 15.8. The summed E-state index contributed by atoms with van der Waals surface area (Å²) >= 11 is 12.2. The van der Waals surface area contributed by atoms with E-state index in [1.54, 1.807) is 25.1 Å². The quantitative estimate of drug-likeness (QED) is 0.582. The number of hydrogen-bond acceptors (Lipinski definition) is 5. The number of rotatable bonds is 5. The molecule has 2 fully saturated rings. The van der Waals surface area contributed by atoms with Gasteiger partial charge in [-0.05, 0) is 55.7 Å². The second-order valence-electron chi connectivity index (χ2n) is 8.51. The molecule has 0 saturated carbocycles. The highest BCUT2D eigenvalue weighted by molar-refractivity contribution is 7.91. The van der Waals surface area contributed by atoms with Gasteiger partial charge in [0.1, 0.15) is 0 Å². The molecule has 0 aliphatic carbocycles. The molecule has 2 aromatic carbocycles. The van der Waals surface area contributed by atoms with Crippen LogP contribution in [0.5, 0.6) is 0 Å². The lowest BCUT2D eigenvalue weighted by molar-refractivity contribution is 0.0747. The zero-order valence-corrected chi connectivity index (χ0v) is 21.1. The van der Waals surface area contributed by atoms with Gasteiger partial charge in [-0.2, -0.15) is 0 Å². The molecule has 33 heavy (non-hydrogen) atoms. The first-order valence-electron chi connectivity index (χ1n) is 11.4. The molecular formula is C24H29Cl2N3O3S. The van der Waals surface area contributed by atoms with Gasteiger partial charge in [0, 0.05) is 50.6 Å². The predicted octanol–water partition coefficient (Wildman–Crippen LogP) is 4.74. The van der Waals surface area contributed by atoms with Gasteiger partial charge in [0.25, 0.3) is 5.91 Å². The fourth-order valence-corrected chi connectivity index (χ4v) is 5.68. The van der Waals surface area contributed by atoms with Gasteiger partial charge in [-0.1, -0.05) is 30.1 Å². The van der Waals surface area contributed by atoms with Gasteiger partial charge in [-0.25, -0.2) is 8.42 Å². The molecule has 0 atom stereocenters. The SMILES string of the molecule is CCS(=O)(=O)c1ccc(N2CCCCC2)c(C(=O)N2CCN(c3ccc(Cl)c(Cl)c3)CC2)c1. The van der Waals surface area contributed by atoms with Gasteiger partial charge in [0.2, 0.25) is 0 Å². The van der Waals surface area contributed by atoms with Crippen LogP contribution in [0.3, 0.4) is 0 Å². The van der Waals surface area contributed by atoms with Crippen LogP contribution in [-0.4, -0.2) is 64.2 Å².